The van der Waals surface area contributed by atoms with E-state index in [0.717, 1.165) is 0 Å². The summed E-state index contributed by atoms with van der Waals surface area (Å²) in [6.45, 7) is 3.36. The third kappa shape index (κ3) is 2.71. The molecule has 1 aliphatic rings. The van der Waals surface area contributed by atoms with E-state index in [0.29, 0.717) is 6.42 Å². The zero-order chi connectivity index (χ0) is 12.5. The number of hydrogen-bond donors (Lipinski definition) is 3. The number of carbonyl (C=O) groups excluding carboxylic acids is 1. The highest BCUT2D eigenvalue weighted by atomic mass is 16.4. The number of nitrogens with one attached hydrogen (secondary N) is 1. The van der Waals surface area contributed by atoms with Crippen LogP contribution in [0, 0.1) is 17.8 Å². The van der Waals surface area contributed by atoms with Crippen molar-refractivity contribution in [3.05, 3.63) is 0 Å². The summed E-state index contributed by atoms with van der Waals surface area (Å²) in [5.41, 5.74) is 0. The van der Waals surface area contributed by atoms with Crippen LogP contribution in [-0.2, 0) is 14.4 Å². The monoisotopic (exact) mass is 229 g/mol. The fourth-order valence-electron chi connectivity index (χ4n) is 1.53. The molecule has 3 atom stereocenters. The Kier molecular flexibility index (Phi) is 3.51. The molecule has 1 fully saturated rings. The highest BCUT2D eigenvalue weighted by Crippen LogP contribution is 2.38. The predicted octanol–water partition coefficient (Wildman–Crippen LogP) is -0.0675. The van der Waals surface area contributed by atoms with Gasteiger partial charge >= 0.3 is 11.9 Å². The van der Waals surface area contributed by atoms with Gasteiger partial charge in [0.2, 0.25) is 5.91 Å². The van der Waals surface area contributed by atoms with Crippen molar-refractivity contribution in [2.24, 2.45) is 17.8 Å². The van der Waals surface area contributed by atoms with Crippen molar-refractivity contribution in [1.29, 1.82) is 0 Å². The third-order valence-electron chi connectivity index (χ3n) is 2.67. The lowest BCUT2D eigenvalue weighted by molar-refractivity contribution is -0.143. The minimum Gasteiger partial charge on any atom is -0.481 e. The van der Waals surface area contributed by atoms with Crippen LogP contribution >= 0.6 is 0 Å². The Hall–Kier alpha value is -1.59. The van der Waals surface area contributed by atoms with Crippen LogP contribution in [0.3, 0.4) is 0 Å². The summed E-state index contributed by atoms with van der Waals surface area (Å²) in [4.78, 5) is 32.8. The summed E-state index contributed by atoms with van der Waals surface area (Å²) < 4.78 is 0. The van der Waals surface area contributed by atoms with Gasteiger partial charge in [-0.3, -0.25) is 9.59 Å². The molecule has 1 rings (SSSR count). The first kappa shape index (κ1) is 12.5. The Balaban J connectivity index is 2.51. The number of carboxylic acids is 2. The highest BCUT2D eigenvalue weighted by Gasteiger charge is 2.49. The van der Waals surface area contributed by atoms with Crippen LogP contribution in [0.1, 0.15) is 20.3 Å². The molecule has 0 radical (unpaired) electrons. The van der Waals surface area contributed by atoms with Gasteiger partial charge in [0.25, 0.3) is 0 Å². The molecule has 0 aromatic rings. The minimum atomic E-state index is -1.10. The molecule has 1 aliphatic carbocycles. The Morgan fingerprint density at radius 1 is 1.19 bits per heavy atom. The van der Waals surface area contributed by atoms with Crippen molar-refractivity contribution < 1.29 is 24.6 Å². The lowest BCUT2D eigenvalue weighted by Crippen LogP contribution is -2.45. The quantitative estimate of drug-likeness (QED) is 0.612. The molecule has 0 aromatic heterocycles. The largest absolute Gasteiger partial charge is 0.481 e. The van der Waals surface area contributed by atoms with Gasteiger partial charge in [-0.15, -0.1) is 0 Å². The van der Waals surface area contributed by atoms with Crippen LogP contribution in [0.2, 0.25) is 0 Å². The molecule has 3 unspecified atom stereocenters. The van der Waals surface area contributed by atoms with Gasteiger partial charge in [0.15, 0.2) is 0 Å². The molecule has 0 aliphatic heterocycles. The number of hydrogen-bond acceptors (Lipinski definition) is 3. The molecule has 0 spiro atoms. The highest BCUT2D eigenvalue weighted by molar-refractivity contribution is 5.91. The van der Waals surface area contributed by atoms with Crippen molar-refractivity contribution in [1.82, 2.24) is 5.32 Å². The average Bonchev–Trinajstić information content (AvgIpc) is 2.91. The SMILES string of the molecule is CC(C)C(NC(=O)C1CC1C(=O)O)C(=O)O. The Labute approximate surface area is 92.6 Å². The van der Waals surface area contributed by atoms with E-state index in [1.165, 1.54) is 0 Å². The van der Waals surface area contributed by atoms with E-state index in [9.17, 15) is 14.4 Å². The summed E-state index contributed by atoms with van der Waals surface area (Å²) in [6.07, 6.45) is 0.297. The van der Waals surface area contributed by atoms with Gasteiger partial charge in [-0.25, -0.2) is 4.79 Å². The van der Waals surface area contributed by atoms with Crippen LogP contribution in [0.25, 0.3) is 0 Å². The van der Waals surface area contributed by atoms with Gasteiger partial charge in [0, 0.05) is 0 Å². The van der Waals surface area contributed by atoms with Gasteiger partial charge in [-0.1, -0.05) is 13.8 Å². The molecule has 0 aromatic carbocycles. The summed E-state index contributed by atoms with van der Waals surface area (Å²) in [7, 11) is 0. The summed E-state index contributed by atoms with van der Waals surface area (Å²) in [6, 6.07) is -0.956. The van der Waals surface area contributed by atoms with Crippen molar-refractivity contribution in [2.45, 2.75) is 26.3 Å². The van der Waals surface area contributed by atoms with E-state index in [4.69, 9.17) is 10.2 Å². The smallest absolute Gasteiger partial charge is 0.326 e. The molecule has 1 saturated carbocycles. The second kappa shape index (κ2) is 4.51. The van der Waals surface area contributed by atoms with Crippen molar-refractivity contribution in [3.63, 3.8) is 0 Å². The lowest BCUT2D eigenvalue weighted by Gasteiger charge is -2.17. The molecule has 0 saturated heterocycles. The molecular weight excluding hydrogens is 214 g/mol. The van der Waals surface area contributed by atoms with Crippen LogP contribution in [0.5, 0.6) is 0 Å². The van der Waals surface area contributed by atoms with E-state index in [1.54, 1.807) is 13.8 Å². The second-order valence-corrected chi connectivity index (χ2v) is 4.36. The maximum Gasteiger partial charge on any atom is 0.326 e. The van der Waals surface area contributed by atoms with Crippen LogP contribution in [0.15, 0.2) is 0 Å². The summed E-state index contributed by atoms with van der Waals surface area (Å²) in [5, 5.41) is 19.8. The molecular formula is C10H15NO5. The Bertz CT molecular complexity index is 325. The maximum absolute atomic E-state index is 11.5. The minimum absolute atomic E-state index is 0.233. The zero-order valence-corrected chi connectivity index (χ0v) is 9.14. The zero-order valence-electron chi connectivity index (χ0n) is 9.14. The molecule has 6 nitrogen and oxygen atoms in total. The van der Waals surface area contributed by atoms with Crippen LogP contribution < -0.4 is 5.32 Å². The Morgan fingerprint density at radius 3 is 2.06 bits per heavy atom. The van der Waals surface area contributed by atoms with E-state index < -0.39 is 35.7 Å². The third-order valence-corrected chi connectivity index (χ3v) is 2.67. The van der Waals surface area contributed by atoms with E-state index in [1.807, 2.05) is 0 Å². The molecule has 0 bridgehead atoms. The molecule has 0 heterocycles. The molecule has 6 heteroatoms. The van der Waals surface area contributed by atoms with Crippen molar-refractivity contribution in [3.8, 4) is 0 Å². The number of amides is 1. The van der Waals surface area contributed by atoms with Crippen molar-refractivity contribution >= 4 is 17.8 Å². The first-order valence-corrected chi connectivity index (χ1v) is 5.10. The summed E-state index contributed by atoms with van der Waals surface area (Å²) in [5.74, 6) is -4.04. The molecule has 3 N–H and O–H groups in total. The molecule has 16 heavy (non-hydrogen) atoms. The number of carbonyl (C=O) groups is 3. The fourth-order valence-corrected chi connectivity index (χ4v) is 1.53. The lowest BCUT2D eigenvalue weighted by atomic mass is 10.0. The maximum atomic E-state index is 11.5. The van der Waals surface area contributed by atoms with E-state index in [2.05, 4.69) is 5.32 Å². The van der Waals surface area contributed by atoms with Gasteiger partial charge in [-0.2, -0.15) is 0 Å². The first-order valence-electron chi connectivity index (χ1n) is 5.10. The van der Waals surface area contributed by atoms with Gasteiger partial charge in [0.1, 0.15) is 6.04 Å². The first-order chi connectivity index (χ1) is 7.34. The normalized spacial score (nSPS) is 24.9. The molecule has 90 valence electrons. The van der Waals surface area contributed by atoms with E-state index >= 15 is 0 Å². The Morgan fingerprint density at radius 2 is 1.75 bits per heavy atom. The standard InChI is InChI=1S/C10H15NO5/c1-4(2)7(10(15)16)11-8(12)5-3-6(5)9(13)14/h4-7H,3H2,1-2H3,(H,11,12)(H,13,14)(H,15,16). The van der Waals surface area contributed by atoms with Gasteiger partial charge < -0.3 is 15.5 Å². The fraction of sp³-hybridized carbons (Fsp3) is 0.700. The summed E-state index contributed by atoms with van der Waals surface area (Å²) >= 11 is 0. The molecule has 1 amide bonds. The van der Waals surface area contributed by atoms with Crippen LogP contribution in [0.4, 0.5) is 0 Å². The van der Waals surface area contributed by atoms with Crippen molar-refractivity contribution in [2.75, 3.05) is 0 Å². The number of aliphatic carboxylic acids is 2. The average molecular weight is 229 g/mol. The predicted molar refractivity (Wildman–Crippen MR) is 53.6 cm³/mol. The second-order valence-electron chi connectivity index (χ2n) is 4.36. The van der Waals surface area contributed by atoms with Gasteiger partial charge in [0.05, 0.1) is 11.8 Å². The number of carboxylic acid groups (broad SMARTS) is 2. The topological polar surface area (TPSA) is 104 Å². The van der Waals surface area contributed by atoms with Gasteiger partial charge in [-0.05, 0) is 12.3 Å². The van der Waals surface area contributed by atoms with Crippen LogP contribution in [-0.4, -0.2) is 34.1 Å². The number of rotatable bonds is 5. The van der Waals surface area contributed by atoms with E-state index in [-0.39, 0.29) is 5.92 Å².